The van der Waals surface area contributed by atoms with Gasteiger partial charge in [-0.2, -0.15) is 0 Å². The van der Waals surface area contributed by atoms with Gasteiger partial charge in [0, 0.05) is 17.8 Å². The SMILES string of the molecule is CCCC(C)CNC(=O)c1ccc(N)cc1. The Bertz CT molecular complexity index is 332. The molecule has 0 aliphatic heterocycles. The summed E-state index contributed by atoms with van der Waals surface area (Å²) in [7, 11) is 0. The molecule has 0 aliphatic carbocycles. The van der Waals surface area contributed by atoms with E-state index in [0.29, 0.717) is 17.2 Å². The Kier molecular flexibility index (Phi) is 4.83. The van der Waals surface area contributed by atoms with Crippen molar-refractivity contribution in [1.29, 1.82) is 0 Å². The Morgan fingerprint density at radius 2 is 2.00 bits per heavy atom. The number of nitrogens with two attached hydrogens (primary N) is 1. The van der Waals surface area contributed by atoms with Crippen molar-refractivity contribution in [2.45, 2.75) is 26.7 Å². The molecule has 1 aromatic rings. The highest BCUT2D eigenvalue weighted by Crippen LogP contribution is 2.06. The molecule has 0 aromatic heterocycles. The van der Waals surface area contributed by atoms with Gasteiger partial charge in [-0.1, -0.05) is 20.3 Å². The van der Waals surface area contributed by atoms with Crippen molar-refractivity contribution in [1.82, 2.24) is 5.32 Å². The van der Waals surface area contributed by atoms with E-state index < -0.39 is 0 Å². The first-order valence-corrected chi connectivity index (χ1v) is 5.77. The van der Waals surface area contributed by atoms with Gasteiger partial charge in [-0.25, -0.2) is 0 Å². The molecule has 0 fully saturated rings. The Hall–Kier alpha value is -1.51. The molecule has 0 heterocycles. The number of hydrogen-bond acceptors (Lipinski definition) is 2. The molecule has 0 saturated carbocycles. The fourth-order valence-electron chi connectivity index (χ4n) is 1.60. The first kappa shape index (κ1) is 12.6. The van der Waals surface area contributed by atoms with Crippen LogP contribution in [0.25, 0.3) is 0 Å². The van der Waals surface area contributed by atoms with Gasteiger partial charge < -0.3 is 11.1 Å². The molecule has 0 spiro atoms. The third kappa shape index (κ3) is 3.93. The van der Waals surface area contributed by atoms with Crippen molar-refractivity contribution in [3.05, 3.63) is 29.8 Å². The minimum atomic E-state index is -0.0250. The maximum Gasteiger partial charge on any atom is 0.251 e. The molecule has 0 saturated heterocycles. The van der Waals surface area contributed by atoms with Crippen LogP contribution < -0.4 is 11.1 Å². The maximum absolute atomic E-state index is 11.7. The van der Waals surface area contributed by atoms with E-state index in [0.717, 1.165) is 19.4 Å². The molecular formula is C13H20N2O. The molecule has 3 nitrogen and oxygen atoms in total. The number of hydrogen-bond donors (Lipinski definition) is 2. The summed E-state index contributed by atoms with van der Waals surface area (Å²) in [4.78, 5) is 11.7. The quantitative estimate of drug-likeness (QED) is 0.749. The summed E-state index contributed by atoms with van der Waals surface area (Å²) in [5.41, 5.74) is 6.90. The van der Waals surface area contributed by atoms with E-state index >= 15 is 0 Å². The van der Waals surface area contributed by atoms with Gasteiger partial charge in [0.25, 0.3) is 5.91 Å². The number of benzene rings is 1. The van der Waals surface area contributed by atoms with Crippen LogP contribution >= 0.6 is 0 Å². The van der Waals surface area contributed by atoms with Crippen molar-refractivity contribution in [2.24, 2.45) is 5.92 Å². The molecule has 88 valence electrons. The van der Waals surface area contributed by atoms with Crippen LogP contribution in [0.2, 0.25) is 0 Å². The fourth-order valence-corrected chi connectivity index (χ4v) is 1.60. The van der Waals surface area contributed by atoms with Crippen LogP contribution in [0.15, 0.2) is 24.3 Å². The molecule has 3 heteroatoms. The van der Waals surface area contributed by atoms with E-state index in [4.69, 9.17) is 5.73 Å². The molecule has 0 bridgehead atoms. The first-order valence-electron chi connectivity index (χ1n) is 5.77. The van der Waals surface area contributed by atoms with Crippen molar-refractivity contribution in [3.63, 3.8) is 0 Å². The van der Waals surface area contributed by atoms with Gasteiger partial charge in [-0.15, -0.1) is 0 Å². The van der Waals surface area contributed by atoms with Gasteiger partial charge in [-0.05, 0) is 36.6 Å². The van der Waals surface area contributed by atoms with Gasteiger partial charge in [0.15, 0.2) is 0 Å². The van der Waals surface area contributed by atoms with Crippen molar-refractivity contribution < 1.29 is 4.79 Å². The van der Waals surface area contributed by atoms with Crippen molar-refractivity contribution in [3.8, 4) is 0 Å². The van der Waals surface area contributed by atoms with Crippen molar-refractivity contribution >= 4 is 11.6 Å². The lowest BCUT2D eigenvalue weighted by molar-refractivity contribution is 0.0947. The summed E-state index contributed by atoms with van der Waals surface area (Å²) in [6.07, 6.45) is 2.29. The molecule has 1 atom stereocenters. The number of rotatable bonds is 5. The predicted molar refractivity (Wildman–Crippen MR) is 67.3 cm³/mol. The highest BCUT2D eigenvalue weighted by atomic mass is 16.1. The van der Waals surface area contributed by atoms with Crippen LogP contribution in [0, 0.1) is 5.92 Å². The van der Waals surface area contributed by atoms with Gasteiger partial charge in [0.1, 0.15) is 0 Å². The fraction of sp³-hybridized carbons (Fsp3) is 0.462. The van der Waals surface area contributed by atoms with Crippen LogP contribution in [0.3, 0.4) is 0 Å². The molecule has 16 heavy (non-hydrogen) atoms. The number of nitrogens with one attached hydrogen (secondary N) is 1. The summed E-state index contributed by atoms with van der Waals surface area (Å²) in [5.74, 6) is 0.505. The summed E-state index contributed by atoms with van der Waals surface area (Å²) in [6.45, 7) is 5.03. The zero-order valence-corrected chi connectivity index (χ0v) is 9.99. The smallest absolute Gasteiger partial charge is 0.251 e. The maximum atomic E-state index is 11.7. The number of anilines is 1. The first-order chi connectivity index (χ1) is 7.63. The van der Waals surface area contributed by atoms with Crippen LogP contribution in [0.5, 0.6) is 0 Å². The summed E-state index contributed by atoms with van der Waals surface area (Å²) >= 11 is 0. The second-order valence-corrected chi connectivity index (χ2v) is 4.23. The van der Waals surface area contributed by atoms with Gasteiger partial charge in [0.05, 0.1) is 0 Å². The summed E-state index contributed by atoms with van der Waals surface area (Å²) in [6, 6.07) is 6.97. The van der Waals surface area contributed by atoms with E-state index in [-0.39, 0.29) is 5.91 Å². The molecule has 1 aromatic carbocycles. The average molecular weight is 220 g/mol. The molecule has 0 aliphatic rings. The van der Waals surface area contributed by atoms with Crippen LogP contribution in [-0.4, -0.2) is 12.5 Å². The lowest BCUT2D eigenvalue weighted by Crippen LogP contribution is -2.28. The second-order valence-electron chi connectivity index (χ2n) is 4.23. The van der Waals surface area contributed by atoms with Crippen LogP contribution in [-0.2, 0) is 0 Å². The van der Waals surface area contributed by atoms with E-state index in [1.807, 2.05) is 0 Å². The summed E-state index contributed by atoms with van der Waals surface area (Å²) in [5, 5.41) is 2.92. The summed E-state index contributed by atoms with van der Waals surface area (Å²) < 4.78 is 0. The molecule has 1 rings (SSSR count). The van der Waals surface area contributed by atoms with Gasteiger partial charge in [-0.3, -0.25) is 4.79 Å². The van der Waals surface area contributed by atoms with Gasteiger partial charge in [0.2, 0.25) is 0 Å². The number of nitrogen functional groups attached to an aromatic ring is 1. The zero-order valence-electron chi connectivity index (χ0n) is 9.99. The molecule has 3 N–H and O–H groups in total. The largest absolute Gasteiger partial charge is 0.399 e. The topological polar surface area (TPSA) is 55.1 Å². The zero-order chi connectivity index (χ0) is 12.0. The second kappa shape index (κ2) is 6.16. The van der Waals surface area contributed by atoms with E-state index in [1.165, 1.54) is 0 Å². The third-order valence-corrected chi connectivity index (χ3v) is 2.57. The lowest BCUT2D eigenvalue weighted by atomic mass is 10.1. The Labute approximate surface area is 97.0 Å². The molecule has 0 radical (unpaired) electrons. The number of carbonyl (C=O) groups is 1. The average Bonchev–Trinajstić information content (AvgIpc) is 2.27. The van der Waals surface area contributed by atoms with Gasteiger partial charge >= 0.3 is 0 Å². The van der Waals surface area contributed by atoms with E-state index in [9.17, 15) is 4.79 Å². The monoisotopic (exact) mass is 220 g/mol. The van der Waals surface area contributed by atoms with E-state index in [2.05, 4.69) is 19.2 Å². The number of carbonyl (C=O) groups excluding carboxylic acids is 1. The Morgan fingerprint density at radius 1 is 1.38 bits per heavy atom. The third-order valence-electron chi connectivity index (χ3n) is 2.57. The Balaban J connectivity index is 2.43. The highest BCUT2D eigenvalue weighted by molar-refractivity contribution is 5.94. The van der Waals surface area contributed by atoms with E-state index in [1.54, 1.807) is 24.3 Å². The minimum Gasteiger partial charge on any atom is -0.399 e. The molecule has 1 unspecified atom stereocenters. The predicted octanol–water partition coefficient (Wildman–Crippen LogP) is 2.43. The van der Waals surface area contributed by atoms with Crippen LogP contribution in [0.4, 0.5) is 5.69 Å². The normalized spacial score (nSPS) is 12.1. The molecular weight excluding hydrogens is 200 g/mol. The van der Waals surface area contributed by atoms with Crippen molar-refractivity contribution in [2.75, 3.05) is 12.3 Å². The number of amides is 1. The standard InChI is InChI=1S/C13H20N2O/c1-3-4-10(2)9-15-13(16)11-5-7-12(14)8-6-11/h5-8,10H,3-4,9,14H2,1-2H3,(H,15,16). The molecule has 1 amide bonds. The van der Waals surface area contributed by atoms with Crippen LogP contribution in [0.1, 0.15) is 37.0 Å². The lowest BCUT2D eigenvalue weighted by Gasteiger charge is -2.11. The highest BCUT2D eigenvalue weighted by Gasteiger charge is 2.06. The minimum absolute atomic E-state index is 0.0250. The Morgan fingerprint density at radius 3 is 2.56 bits per heavy atom.